The number of aliphatic hydroxyl groups is 1. The van der Waals surface area contributed by atoms with Crippen molar-refractivity contribution >= 4 is 11.3 Å². The van der Waals surface area contributed by atoms with Crippen molar-refractivity contribution < 1.29 is 5.11 Å². The summed E-state index contributed by atoms with van der Waals surface area (Å²) in [6.07, 6.45) is 8.82. The molecule has 2 unspecified atom stereocenters. The van der Waals surface area contributed by atoms with Crippen LogP contribution < -0.4 is 5.32 Å². The van der Waals surface area contributed by atoms with Crippen LogP contribution in [0.2, 0.25) is 0 Å². The van der Waals surface area contributed by atoms with Crippen molar-refractivity contribution in [2.75, 3.05) is 26.2 Å². The number of nitrogens with zero attached hydrogens (tertiary/aromatic N) is 1. The molecule has 118 valence electrons. The monoisotopic (exact) mass is 308 g/mol. The quantitative estimate of drug-likeness (QED) is 0.760. The van der Waals surface area contributed by atoms with Crippen molar-refractivity contribution in [2.24, 2.45) is 0 Å². The van der Waals surface area contributed by atoms with E-state index in [0.717, 1.165) is 13.1 Å². The van der Waals surface area contributed by atoms with E-state index in [2.05, 4.69) is 21.7 Å². The molecule has 1 aliphatic heterocycles. The highest BCUT2D eigenvalue weighted by Crippen LogP contribution is 2.33. The summed E-state index contributed by atoms with van der Waals surface area (Å²) in [7, 11) is 0. The summed E-state index contributed by atoms with van der Waals surface area (Å²) in [5.74, 6) is 0. The number of unbranched alkanes of at least 4 members (excludes halogenated alkanes) is 1. The van der Waals surface area contributed by atoms with E-state index in [1.165, 1.54) is 51.5 Å². The highest BCUT2D eigenvalue weighted by atomic mass is 32.1. The molecule has 0 bridgehead atoms. The minimum Gasteiger partial charge on any atom is -0.395 e. The second kappa shape index (κ2) is 7.73. The third-order valence-corrected chi connectivity index (χ3v) is 6.02. The molecule has 4 heteroatoms. The van der Waals surface area contributed by atoms with Crippen LogP contribution >= 0.6 is 11.3 Å². The van der Waals surface area contributed by atoms with Gasteiger partial charge in [0, 0.05) is 17.0 Å². The molecule has 0 radical (unpaired) electrons. The van der Waals surface area contributed by atoms with Crippen LogP contribution in [-0.2, 0) is 6.42 Å². The summed E-state index contributed by atoms with van der Waals surface area (Å²) in [4.78, 5) is 4.07. The molecule has 21 heavy (non-hydrogen) atoms. The van der Waals surface area contributed by atoms with Gasteiger partial charge in [0.05, 0.1) is 6.61 Å². The second-order valence-corrected chi connectivity index (χ2v) is 7.42. The highest BCUT2D eigenvalue weighted by molar-refractivity contribution is 7.10. The Kier molecular flexibility index (Phi) is 5.69. The number of aliphatic hydroxyl groups excluding tert-OH is 1. The van der Waals surface area contributed by atoms with Crippen molar-refractivity contribution in [2.45, 2.75) is 57.0 Å². The van der Waals surface area contributed by atoms with Crippen LogP contribution in [0.4, 0.5) is 0 Å². The van der Waals surface area contributed by atoms with Gasteiger partial charge in [-0.25, -0.2) is 0 Å². The van der Waals surface area contributed by atoms with Crippen molar-refractivity contribution in [1.82, 2.24) is 10.2 Å². The highest BCUT2D eigenvalue weighted by Gasteiger charge is 2.23. The first-order chi connectivity index (χ1) is 10.4. The molecule has 1 saturated heterocycles. The van der Waals surface area contributed by atoms with E-state index in [4.69, 9.17) is 0 Å². The van der Waals surface area contributed by atoms with Crippen molar-refractivity contribution in [3.05, 3.63) is 21.9 Å². The first-order valence-corrected chi connectivity index (χ1v) is 9.41. The van der Waals surface area contributed by atoms with E-state index in [0.29, 0.717) is 18.7 Å². The number of nitrogens with one attached hydrogen (secondary N) is 1. The average Bonchev–Trinajstić information content (AvgIpc) is 3.15. The fourth-order valence-corrected chi connectivity index (χ4v) is 4.80. The number of hydrogen-bond donors (Lipinski definition) is 2. The smallest absolute Gasteiger partial charge is 0.0586 e. The third kappa shape index (κ3) is 3.86. The first-order valence-electron chi connectivity index (χ1n) is 8.53. The molecule has 2 atom stereocenters. The summed E-state index contributed by atoms with van der Waals surface area (Å²) in [5.41, 5.74) is 1.56. The molecular formula is C17H28N2OS. The Bertz CT molecular complexity index is 434. The molecule has 1 aromatic rings. The number of aryl methyl sites for hydroxylation is 1. The van der Waals surface area contributed by atoms with Gasteiger partial charge in [0.15, 0.2) is 0 Å². The Balaban J connectivity index is 1.34. The minimum absolute atomic E-state index is 0.335. The predicted octanol–water partition coefficient (Wildman–Crippen LogP) is 2.95. The Labute approximate surface area is 132 Å². The summed E-state index contributed by atoms with van der Waals surface area (Å²) < 4.78 is 0. The lowest BCUT2D eigenvalue weighted by atomic mass is 9.94. The van der Waals surface area contributed by atoms with Gasteiger partial charge in [-0.2, -0.15) is 0 Å². The normalized spacial score (nSPS) is 26.1. The zero-order valence-corrected chi connectivity index (χ0v) is 13.7. The molecule has 1 aliphatic carbocycles. The standard InChI is InChI=1S/C17H28N2OS/c20-13-14-5-4-11-19(14)10-2-1-9-18-16-6-3-7-17-15(16)8-12-21-17/h8,12,14,16,18,20H,1-7,9-11,13H2. The molecule has 2 N–H and O–H groups in total. The van der Waals surface area contributed by atoms with E-state index < -0.39 is 0 Å². The fourth-order valence-electron chi connectivity index (χ4n) is 3.81. The summed E-state index contributed by atoms with van der Waals surface area (Å²) in [6, 6.07) is 3.34. The van der Waals surface area contributed by atoms with Gasteiger partial charge >= 0.3 is 0 Å². The van der Waals surface area contributed by atoms with Crippen molar-refractivity contribution in [3.8, 4) is 0 Å². The van der Waals surface area contributed by atoms with E-state index in [-0.39, 0.29) is 0 Å². The van der Waals surface area contributed by atoms with Gasteiger partial charge in [0.2, 0.25) is 0 Å². The molecule has 3 nitrogen and oxygen atoms in total. The van der Waals surface area contributed by atoms with Gasteiger partial charge in [0.25, 0.3) is 0 Å². The lowest BCUT2D eigenvalue weighted by Crippen LogP contribution is -2.33. The molecular weight excluding hydrogens is 280 g/mol. The van der Waals surface area contributed by atoms with Gasteiger partial charge in [-0.15, -0.1) is 11.3 Å². The molecule has 0 saturated carbocycles. The number of hydrogen-bond acceptors (Lipinski definition) is 4. The van der Waals surface area contributed by atoms with Crippen LogP contribution in [-0.4, -0.2) is 42.3 Å². The maximum atomic E-state index is 9.33. The Morgan fingerprint density at radius 3 is 3.14 bits per heavy atom. The molecule has 1 aromatic heterocycles. The van der Waals surface area contributed by atoms with Crippen LogP contribution in [0.3, 0.4) is 0 Å². The van der Waals surface area contributed by atoms with E-state index in [1.807, 2.05) is 11.3 Å². The number of thiophene rings is 1. The average molecular weight is 308 g/mol. The molecule has 2 heterocycles. The summed E-state index contributed by atoms with van der Waals surface area (Å²) in [6.45, 7) is 3.79. The second-order valence-electron chi connectivity index (χ2n) is 6.42. The van der Waals surface area contributed by atoms with E-state index >= 15 is 0 Å². The molecule has 1 fully saturated rings. The topological polar surface area (TPSA) is 35.5 Å². The van der Waals surface area contributed by atoms with Gasteiger partial charge in [0.1, 0.15) is 0 Å². The SMILES string of the molecule is OCC1CCCN1CCCCNC1CCCc2sccc21. The molecule has 0 spiro atoms. The van der Waals surface area contributed by atoms with E-state index in [1.54, 1.807) is 10.4 Å². The zero-order valence-electron chi connectivity index (χ0n) is 12.9. The summed E-state index contributed by atoms with van der Waals surface area (Å²) >= 11 is 1.92. The Hall–Kier alpha value is -0.420. The van der Waals surface area contributed by atoms with Gasteiger partial charge in [-0.1, -0.05) is 0 Å². The van der Waals surface area contributed by atoms with Gasteiger partial charge in [-0.3, -0.25) is 4.90 Å². The van der Waals surface area contributed by atoms with Crippen LogP contribution in [0.25, 0.3) is 0 Å². The predicted molar refractivity (Wildman–Crippen MR) is 88.9 cm³/mol. The molecule has 0 aromatic carbocycles. The largest absolute Gasteiger partial charge is 0.395 e. The number of rotatable bonds is 7. The Morgan fingerprint density at radius 2 is 2.24 bits per heavy atom. The minimum atomic E-state index is 0.335. The van der Waals surface area contributed by atoms with Gasteiger partial charge in [-0.05, 0) is 81.6 Å². The van der Waals surface area contributed by atoms with Crippen LogP contribution in [0.5, 0.6) is 0 Å². The first kappa shape index (κ1) is 15.5. The lowest BCUT2D eigenvalue weighted by molar-refractivity contribution is 0.157. The molecule has 2 aliphatic rings. The lowest BCUT2D eigenvalue weighted by Gasteiger charge is -2.25. The van der Waals surface area contributed by atoms with Gasteiger partial charge < -0.3 is 10.4 Å². The van der Waals surface area contributed by atoms with E-state index in [9.17, 15) is 5.11 Å². The maximum Gasteiger partial charge on any atom is 0.0586 e. The third-order valence-electron chi connectivity index (χ3n) is 5.02. The molecule has 0 amide bonds. The summed E-state index contributed by atoms with van der Waals surface area (Å²) in [5, 5.41) is 15.3. The van der Waals surface area contributed by atoms with Crippen LogP contribution in [0.1, 0.15) is 55.0 Å². The fraction of sp³-hybridized carbons (Fsp3) is 0.765. The van der Waals surface area contributed by atoms with Crippen LogP contribution in [0.15, 0.2) is 11.4 Å². The number of likely N-dealkylation sites (tertiary alicyclic amines) is 1. The molecule has 3 rings (SSSR count). The van der Waals surface area contributed by atoms with Crippen LogP contribution in [0, 0.1) is 0 Å². The maximum absolute atomic E-state index is 9.33. The van der Waals surface area contributed by atoms with Crippen molar-refractivity contribution in [1.29, 1.82) is 0 Å². The van der Waals surface area contributed by atoms with Crippen molar-refractivity contribution in [3.63, 3.8) is 0 Å². The zero-order chi connectivity index (χ0) is 14.5. The number of fused-ring (bicyclic) bond motifs is 1. The Morgan fingerprint density at radius 1 is 1.29 bits per heavy atom.